The normalized spacial score (nSPS) is 14.4. The van der Waals surface area contributed by atoms with Crippen molar-refractivity contribution < 1.29 is 15.0 Å². The highest BCUT2D eigenvalue weighted by Gasteiger charge is 2.19. The van der Waals surface area contributed by atoms with E-state index in [-0.39, 0.29) is 5.78 Å². The first-order valence-electron chi connectivity index (χ1n) is 5.34. The fraction of sp³-hybridized carbons (Fsp3) is 0.417. The molecular formula is C12H17NO3S. The highest BCUT2D eigenvalue weighted by Crippen LogP contribution is 2.23. The SMILES string of the molecule is CC(=O)c1cc(C(O)C(O)CCS)ccc1N. The molecule has 0 heterocycles. The molecular weight excluding hydrogens is 238 g/mol. The molecule has 5 heteroatoms. The molecule has 0 bridgehead atoms. The Balaban J connectivity index is 2.99. The van der Waals surface area contributed by atoms with Crippen LogP contribution in [0.15, 0.2) is 18.2 Å². The molecule has 1 aromatic carbocycles. The molecule has 2 atom stereocenters. The van der Waals surface area contributed by atoms with E-state index in [0.29, 0.717) is 29.0 Å². The lowest BCUT2D eigenvalue weighted by Gasteiger charge is -2.18. The Kier molecular flexibility index (Phi) is 4.99. The summed E-state index contributed by atoms with van der Waals surface area (Å²) in [7, 11) is 0. The molecule has 0 aliphatic heterocycles. The topological polar surface area (TPSA) is 83.5 Å². The van der Waals surface area contributed by atoms with Gasteiger partial charge in [-0.25, -0.2) is 0 Å². The molecule has 0 radical (unpaired) electrons. The zero-order chi connectivity index (χ0) is 13.0. The molecule has 0 aliphatic carbocycles. The van der Waals surface area contributed by atoms with Crippen molar-refractivity contribution >= 4 is 24.1 Å². The summed E-state index contributed by atoms with van der Waals surface area (Å²) in [5, 5.41) is 19.5. The second-order valence-electron chi connectivity index (χ2n) is 3.93. The van der Waals surface area contributed by atoms with Crippen LogP contribution in [0, 0.1) is 0 Å². The number of hydrogen-bond donors (Lipinski definition) is 4. The third kappa shape index (κ3) is 3.46. The lowest BCUT2D eigenvalue weighted by Crippen LogP contribution is -2.19. The van der Waals surface area contributed by atoms with Gasteiger partial charge in [0.1, 0.15) is 6.10 Å². The molecule has 1 aromatic rings. The number of ketones is 1. The van der Waals surface area contributed by atoms with Gasteiger partial charge in [0.2, 0.25) is 0 Å². The summed E-state index contributed by atoms with van der Waals surface area (Å²) in [6.45, 7) is 1.41. The molecule has 2 unspecified atom stereocenters. The second-order valence-corrected chi connectivity index (χ2v) is 4.37. The Hall–Kier alpha value is -1.04. The van der Waals surface area contributed by atoms with Gasteiger partial charge in [0, 0.05) is 11.3 Å². The van der Waals surface area contributed by atoms with Gasteiger partial charge >= 0.3 is 0 Å². The van der Waals surface area contributed by atoms with E-state index in [2.05, 4.69) is 12.6 Å². The Labute approximate surface area is 106 Å². The molecule has 0 spiro atoms. The molecule has 1 rings (SSSR count). The van der Waals surface area contributed by atoms with Gasteiger partial charge in [-0.15, -0.1) is 0 Å². The zero-order valence-corrected chi connectivity index (χ0v) is 10.5. The third-order valence-corrected chi connectivity index (χ3v) is 2.85. The summed E-state index contributed by atoms with van der Waals surface area (Å²) >= 11 is 3.99. The summed E-state index contributed by atoms with van der Waals surface area (Å²) in [5.41, 5.74) is 6.87. The standard InChI is InChI=1S/C12H17NO3S/c1-7(14)9-6-8(2-3-10(9)13)12(16)11(15)4-5-17/h2-3,6,11-12,15-17H,4-5,13H2,1H3. The number of Topliss-reactive ketones (excluding diaryl/α,β-unsaturated/α-hetero) is 1. The minimum atomic E-state index is -1.03. The lowest BCUT2D eigenvalue weighted by molar-refractivity contribution is 0.0172. The van der Waals surface area contributed by atoms with E-state index in [4.69, 9.17) is 5.73 Å². The Bertz CT molecular complexity index is 409. The van der Waals surface area contributed by atoms with Crippen LogP contribution in [0.5, 0.6) is 0 Å². The van der Waals surface area contributed by atoms with Crippen molar-refractivity contribution in [2.75, 3.05) is 11.5 Å². The predicted octanol–water partition coefficient (Wildman–Crippen LogP) is 1.19. The van der Waals surface area contributed by atoms with Crippen molar-refractivity contribution in [3.8, 4) is 0 Å². The average Bonchev–Trinajstić information content (AvgIpc) is 2.28. The van der Waals surface area contributed by atoms with E-state index in [9.17, 15) is 15.0 Å². The Morgan fingerprint density at radius 2 is 2.12 bits per heavy atom. The van der Waals surface area contributed by atoms with Gasteiger partial charge in [-0.1, -0.05) is 6.07 Å². The van der Waals surface area contributed by atoms with Crippen LogP contribution < -0.4 is 5.73 Å². The number of carbonyl (C=O) groups is 1. The number of hydrogen-bond acceptors (Lipinski definition) is 5. The third-order valence-electron chi connectivity index (χ3n) is 2.59. The number of nitrogen functional groups attached to an aromatic ring is 1. The Morgan fingerprint density at radius 1 is 1.47 bits per heavy atom. The van der Waals surface area contributed by atoms with Crippen LogP contribution in [0.1, 0.15) is 35.4 Å². The molecule has 0 saturated carbocycles. The van der Waals surface area contributed by atoms with Gasteiger partial charge < -0.3 is 15.9 Å². The molecule has 0 fully saturated rings. The number of anilines is 1. The van der Waals surface area contributed by atoms with Crippen molar-refractivity contribution in [2.24, 2.45) is 0 Å². The summed E-state index contributed by atoms with van der Waals surface area (Å²) in [6, 6.07) is 4.68. The molecule has 0 aromatic heterocycles. The molecule has 4 N–H and O–H groups in total. The van der Waals surface area contributed by atoms with Gasteiger partial charge in [0.05, 0.1) is 6.10 Å². The van der Waals surface area contributed by atoms with Crippen LogP contribution in [0.3, 0.4) is 0 Å². The van der Waals surface area contributed by atoms with Crippen LogP contribution in [0.25, 0.3) is 0 Å². The fourth-order valence-corrected chi connectivity index (χ4v) is 1.84. The maximum absolute atomic E-state index is 11.3. The number of carbonyl (C=O) groups excluding carboxylic acids is 1. The molecule has 0 aliphatic rings. The fourth-order valence-electron chi connectivity index (χ4n) is 1.58. The summed E-state index contributed by atoms with van der Waals surface area (Å²) < 4.78 is 0. The quantitative estimate of drug-likeness (QED) is 0.362. The molecule has 4 nitrogen and oxygen atoms in total. The lowest BCUT2D eigenvalue weighted by atomic mass is 9.98. The number of benzene rings is 1. The molecule has 94 valence electrons. The van der Waals surface area contributed by atoms with Crippen LogP contribution in [0.4, 0.5) is 5.69 Å². The van der Waals surface area contributed by atoms with Gasteiger partial charge in [0.25, 0.3) is 0 Å². The maximum atomic E-state index is 11.3. The van der Waals surface area contributed by atoms with Gasteiger partial charge in [-0.05, 0) is 36.8 Å². The highest BCUT2D eigenvalue weighted by molar-refractivity contribution is 7.80. The van der Waals surface area contributed by atoms with Crippen molar-refractivity contribution in [1.82, 2.24) is 0 Å². The van der Waals surface area contributed by atoms with E-state index < -0.39 is 12.2 Å². The maximum Gasteiger partial charge on any atom is 0.161 e. The van der Waals surface area contributed by atoms with Gasteiger partial charge in [-0.3, -0.25) is 4.79 Å². The zero-order valence-electron chi connectivity index (χ0n) is 9.63. The van der Waals surface area contributed by atoms with Crippen LogP contribution in [0.2, 0.25) is 0 Å². The number of thiol groups is 1. The largest absolute Gasteiger partial charge is 0.398 e. The van der Waals surface area contributed by atoms with E-state index in [1.54, 1.807) is 12.1 Å². The van der Waals surface area contributed by atoms with Gasteiger partial charge in [-0.2, -0.15) is 12.6 Å². The average molecular weight is 255 g/mol. The molecule has 0 saturated heterocycles. The summed E-state index contributed by atoms with van der Waals surface area (Å²) in [4.78, 5) is 11.3. The summed E-state index contributed by atoms with van der Waals surface area (Å²) in [5.74, 6) is 0.312. The first kappa shape index (κ1) is 14.0. The molecule has 17 heavy (non-hydrogen) atoms. The van der Waals surface area contributed by atoms with Crippen LogP contribution >= 0.6 is 12.6 Å². The van der Waals surface area contributed by atoms with E-state index in [0.717, 1.165) is 0 Å². The summed E-state index contributed by atoms with van der Waals surface area (Å²) in [6.07, 6.45) is -1.54. The minimum Gasteiger partial charge on any atom is -0.398 e. The first-order chi connectivity index (χ1) is 7.97. The minimum absolute atomic E-state index is 0.166. The van der Waals surface area contributed by atoms with Crippen molar-refractivity contribution in [1.29, 1.82) is 0 Å². The van der Waals surface area contributed by atoms with Crippen LogP contribution in [-0.4, -0.2) is 27.9 Å². The van der Waals surface area contributed by atoms with Crippen molar-refractivity contribution in [2.45, 2.75) is 25.6 Å². The number of aliphatic hydroxyl groups excluding tert-OH is 2. The number of rotatable bonds is 5. The monoisotopic (exact) mass is 255 g/mol. The van der Waals surface area contributed by atoms with Crippen molar-refractivity contribution in [3.05, 3.63) is 29.3 Å². The number of aliphatic hydroxyl groups is 2. The first-order valence-corrected chi connectivity index (χ1v) is 5.98. The van der Waals surface area contributed by atoms with E-state index >= 15 is 0 Å². The van der Waals surface area contributed by atoms with E-state index in [1.165, 1.54) is 13.0 Å². The highest BCUT2D eigenvalue weighted by atomic mass is 32.1. The predicted molar refractivity (Wildman–Crippen MR) is 70.3 cm³/mol. The van der Waals surface area contributed by atoms with E-state index in [1.807, 2.05) is 0 Å². The van der Waals surface area contributed by atoms with Gasteiger partial charge in [0.15, 0.2) is 5.78 Å². The van der Waals surface area contributed by atoms with Crippen molar-refractivity contribution in [3.63, 3.8) is 0 Å². The Morgan fingerprint density at radius 3 is 2.65 bits per heavy atom. The smallest absolute Gasteiger partial charge is 0.161 e. The molecule has 0 amide bonds. The van der Waals surface area contributed by atoms with Crippen LogP contribution in [-0.2, 0) is 0 Å². The number of nitrogens with two attached hydrogens (primary N) is 1. The second kappa shape index (κ2) is 6.05.